The number of likely N-dealkylation sites (tertiary alicyclic amines) is 1. The van der Waals surface area contributed by atoms with Crippen LogP contribution in [0, 0.1) is 25.7 Å². The van der Waals surface area contributed by atoms with Crippen LogP contribution in [0.1, 0.15) is 43.0 Å². The average molecular weight is 345 g/mol. The summed E-state index contributed by atoms with van der Waals surface area (Å²) in [4.78, 5) is 21.5. The normalized spacial score (nSPS) is 24.2. The van der Waals surface area contributed by atoms with Gasteiger partial charge < -0.3 is 9.64 Å². The van der Waals surface area contributed by atoms with Crippen molar-refractivity contribution in [2.24, 2.45) is 11.8 Å². The number of aromatic nitrogens is 1. The summed E-state index contributed by atoms with van der Waals surface area (Å²) in [7, 11) is 3.71. The van der Waals surface area contributed by atoms with Crippen LogP contribution < -0.4 is 4.74 Å². The van der Waals surface area contributed by atoms with Gasteiger partial charge in [-0.1, -0.05) is 6.92 Å². The largest absolute Gasteiger partial charge is 0.496 e. The van der Waals surface area contributed by atoms with Crippen molar-refractivity contribution in [3.05, 3.63) is 23.0 Å². The van der Waals surface area contributed by atoms with Crippen LogP contribution in [0.15, 0.2) is 6.20 Å². The Labute approximate surface area is 151 Å². The number of piperidine rings is 1. The molecule has 5 nitrogen and oxygen atoms in total. The van der Waals surface area contributed by atoms with E-state index in [1.165, 1.54) is 0 Å². The first-order valence-electron chi connectivity index (χ1n) is 9.40. The lowest BCUT2D eigenvalue weighted by molar-refractivity contribution is -0.134. The van der Waals surface area contributed by atoms with E-state index in [1.54, 1.807) is 7.11 Å². The number of carbonyl (C=O) groups is 1. The summed E-state index contributed by atoms with van der Waals surface area (Å²) < 4.78 is 5.51. The first-order chi connectivity index (χ1) is 11.9. The summed E-state index contributed by atoms with van der Waals surface area (Å²) in [5, 5.41) is 0. The van der Waals surface area contributed by atoms with Gasteiger partial charge in [0.2, 0.25) is 5.91 Å². The van der Waals surface area contributed by atoms with Crippen LogP contribution in [0.5, 0.6) is 5.75 Å². The minimum atomic E-state index is 0.287. The van der Waals surface area contributed by atoms with Crippen LogP contribution in [0.4, 0.5) is 0 Å². The molecule has 0 unspecified atom stereocenters. The van der Waals surface area contributed by atoms with E-state index in [0.717, 1.165) is 61.5 Å². The molecule has 3 rings (SSSR count). The molecule has 1 aliphatic carbocycles. The predicted octanol–water partition coefficient (Wildman–Crippen LogP) is 2.79. The molecular formula is C20H31N3O2. The van der Waals surface area contributed by atoms with Gasteiger partial charge in [0.25, 0.3) is 0 Å². The number of methoxy groups -OCH3 is 1. The minimum Gasteiger partial charge on any atom is -0.496 e. The van der Waals surface area contributed by atoms with Crippen molar-refractivity contribution in [2.75, 3.05) is 27.2 Å². The molecule has 0 spiro atoms. The Hall–Kier alpha value is -1.62. The first kappa shape index (κ1) is 18.2. The summed E-state index contributed by atoms with van der Waals surface area (Å²) >= 11 is 0. The molecule has 0 radical (unpaired) electrons. The standard InChI is InChI=1S/C20H31N3O2/c1-13-10-17(13)20(24)22(4)16-6-8-23(9-7-16)12-18-15(3)19(25-5)14(2)11-21-18/h11,13,16-17H,6-10,12H2,1-5H3/t13-,17-/m0/s1. The molecule has 138 valence electrons. The molecule has 1 aliphatic heterocycles. The zero-order valence-electron chi connectivity index (χ0n) is 16.2. The van der Waals surface area contributed by atoms with E-state index in [4.69, 9.17) is 4.74 Å². The molecule has 1 saturated carbocycles. The smallest absolute Gasteiger partial charge is 0.225 e. The minimum absolute atomic E-state index is 0.287. The van der Waals surface area contributed by atoms with Gasteiger partial charge in [0.15, 0.2) is 0 Å². The van der Waals surface area contributed by atoms with E-state index in [9.17, 15) is 4.79 Å². The highest BCUT2D eigenvalue weighted by Gasteiger charge is 2.42. The van der Waals surface area contributed by atoms with Crippen molar-refractivity contribution in [2.45, 2.75) is 52.6 Å². The fourth-order valence-corrected chi connectivity index (χ4v) is 4.01. The molecule has 2 atom stereocenters. The molecule has 1 aromatic rings. The first-order valence-corrected chi connectivity index (χ1v) is 9.40. The molecule has 1 aromatic heterocycles. The Morgan fingerprint density at radius 2 is 2.00 bits per heavy atom. The van der Waals surface area contributed by atoms with Gasteiger partial charge in [0.05, 0.1) is 12.8 Å². The van der Waals surface area contributed by atoms with Crippen molar-refractivity contribution < 1.29 is 9.53 Å². The van der Waals surface area contributed by atoms with Gasteiger partial charge in [-0.15, -0.1) is 0 Å². The molecular weight excluding hydrogens is 314 g/mol. The molecule has 2 fully saturated rings. The van der Waals surface area contributed by atoms with Crippen molar-refractivity contribution in [1.82, 2.24) is 14.8 Å². The highest BCUT2D eigenvalue weighted by molar-refractivity contribution is 5.81. The highest BCUT2D eigenvalue weighted by Crippen LogP contribution is 2.39. The number of ether oxygens (including phenoxy) is 1. The second kappa shape index (κ2) is 7.32. The van der Waals surface area contributed by atoms with Crippen LogP contribution in [-0.2, 0) is 11.3 Å². The van der Waals surface area contributed by atoms with E-state index < -0.39 is 0 Å². The Bertz CT molecular complexity index is 638. The second-order valence-corrected chi connectivity index (χ2v) is 7.82. The van der Waals surface area contributed by atoms with Gasteiger partial charge in [-0.3, -0.25) is 14.7 Å². The number of aryl methyl sites for hydroxylation is 1. The summed E-state index contributed by atoms with van der Waals surface area (Å²) in [6.07, 6.45) is 5.07. The Balaban J connectivity index is 1.55. The Kier molecular flexibility index (Phi) is 5.32. The quantitative estimate of drug-likeness (QED) is 0.823. The molecule has 0 bridgehead atoms. The Morgan fingerprint density at radius 1 is 1.36 bits per heavy atom. The molecule has 0 N–H and O–H groups in total. The van der Waals surface area contributed by atoms with E-state index in [0.29, 0.717) is 17.9 Å². The van der Waals surface area contributed by atoms with Gasteiger partial charge in [-0.25, -0.2) is 0 Å². The fourth-order valence-electron chi connectivity index (χ4n) is 4.01. The maximum atomic E-state index is 12.4. The lowest BCUT2D eigenvalue weighted by atomic mass is 10.0. The van der Waals surface area contributed by atoms with Crippen molar-refractivity contribution in [1.29, 1.82) is 0 Å². The number of carbonyl (C=O) groups excluding carboxylic acids is 1. The van der Waals surface area contributed by atoms with Crippen LogP contribution in [0.25, 0.3) is 0 Å². The van der Waals surface area contributed by atoms with Crippen LogP contribution in [0.2, 0.25) is 0 Å². The number of hydrogen-bond acceptors (Lipinski definition) is 4. The van der Waals surface area contributed by atoms with Gasteiger partial charge in [0.1, 0.15) is 5.75 Å². The molecule has 0 aromatic carbocycles. The van der Waals surface area contributed by atoms with Gasteiger partial charge in [0, 0.05) is 56.0 Å². The zero-order chi connectivity index (χ0) is 18.1. The monoisotopic (exact) mass is 345 g/mol. The van der Waals surface area contributed by atoms with E-state index in [2.05, 4.69) is 23.7 Å². The van der Waals surface area contributed by atoms with E-state index in [1.807, 2.05) is 25.1 Å². The molecule has 1 saturated heterocycles. The van der Waals surface area contributed by atoms with Crippen LogP contribution >= 0.6 is 0 Å². The van der Waals surface area contributed by atoms with Crippen molar-refractivity contribution in [3.63, 3.8) is 0 Å². The molecule has 25 heavy (non-hydrogen) atoms. The molecule has 1 amide bonds. The number of nitrogens with zero attached hydrogens (tertiary/aromatic N) is 3. The third-order valence-electron chi connectivity index (χ3n) is 6.00. The zero-order valence-corrected chi connectivity index (χ0v) is 16.2. The van der Waals surface area contributed by atoms with Gasteiger partial charge in [-0.2, -0.15) is 0 Å². The molecule has 2 heterocycles. The highest BCUT2D eigenvalue weighted by atomic mass is 16.5. The summed E-state index contributed by atoms with van der Waals surface area (Å²) in [6.45, 7) is 9.17. The maximum Gasteiger partial charge on any atom is 0.225 e. The van der Waals surface area contributed by atoms with Crippen LogP contribution in [-0.4, -0.2) is 54.0 Å². The average Bonchev–Trinajstić information content (AvgIpc) is 3.34. The number of hydrogen-bond donors (Lipinski definition) is 0. The number of amides is 1. The van der Waals surface area contributed by atoms with Crippen molar-refractivity contribution >= 4 is 5.91 Å². The summed E-state index contributed by atoms with van der Waals surface area (Å²) in [5.41, 5.74) is 3.31. The molecule has 2 aliphatic rings. The lowest BCUT2D eigenvalue weighted by Gasteiger charge is -2.37. The topological polar surface area (TPSA) is 45.7 Å². The lowest BCUT2D eigenvalue weighted by Crippen LogP contribution is -2.46. The number of pyridine rings is 1. The fraction of sp³-hybridized carbons (Fsp3) is 0.700. The maximum absolute atomic E-state index is 12.4. The van der Waals surface area contributed by atoms with E-state index in [-0.39, 0.29) is 5.92 Å². The number of rotatable bonds is 5. The van der Waals surface area contributed by atoms with Crippen LogP contribution in [0.3, 0.4) is 0 Å². The third-order valence-corrected chi connectivity index (χ3v) is 6.00. The third kappa shape index (κ3) is 3.81. The Morgan fingerprint density at radius 3 is 2.56 bits per heavy atom. The summed E-state index contributed by atoms with van der Waals surface area (Å²) in [5.74, 6) is 2.17. The van der Waals surface area contributed by atoms with Gasteiger partial charge >= 0.3 is 0 Å². The van der Waals surface area contributed by atoms with E-state index >= 15 is 0 Å². The second-order valence-electron chi connectivity index (χ2n) is 7.82. The van der Waals surface area contributed by atoms with Crippen molar-refractivity contribution in [3.8, 4) is 5.75 Å². The summed E-state index contributed by atoms with van der Waals surface area (Å²) in [6, 6.07) is 0.387. The SMILES string of the molecule is COc1c(C)cnc(CN2CCC(N(C)C(=O)[C@H]3C[C@@H]3C)CC2)c1C. The molecule has 5 heteroatoms. The predicted molar refractivity (Wildman–Crippen MR) is 98.6 cm³/mol. The van der Waals surface area contributed by atoms with Gasteiger partial charge in [-0.05, 0) is 39.0 Å².